The quantitative estimate of drug-likeness (QED) is 0.629. The Morgan fingerprint density at radius 2 is 1.44 bits per heavy atom. The zero-order valence-electron chi connectivity index (χ0n) is 15.5. The second kappa shape index (κ2) is 8.74. The summed E-state index contributed by atoms with van der Waals surface area (Å²) < 4.78 is 0. The summed E-state index contributed by atoms with van der Waals surface area (Å²) in [6, 6.07) is 14.2. The molecule has 0 atom stereocenters. The molecule has 0 radical (unpaired) electrons. The molecule has 3 nitrogen and oxygen atoms in total. The fourth-order valence-corrected chi connectivity index (χ4v) is 3.62. The first-order chi connectivity index (χ1) is 13.1. The van der Waals surface area contributed by atoms with Crippen molar-refractivity contribution in [2.24, 2.45) is 0 Å². The van der Waals surface area contributed by atoms with Gasteiger partial charge in [0.1, 0.15) is 11.5 Å². The number of phenolic OH excluding ortho intramolecular Hbond substituents is 2. The van der Waals surface area contributed by atoms with Crippen LogP contribution in [0.1, 0.15) is 43.2 Å². The van der Waals surface area contributed by atoms with E-state index < -0.39 is 0 Å². The van der Waals surface area contributed by atoms with E-state index in [9.17, 15) is 15.3 Å². The third kappa shape index (κ3) is 4.89. The van der Waals surface area contributed by atoms with Gasteiger partial charge < -0.3 is 15.3 Å². The Hall–Kier alpha value is -2.78. The summed E-state index contributed by atoms with van der Waals surface area (Å²) in [5.41, 5.74) is 6.59. The highest BCUT2D eigenvalue weighted by Gasteiger charge is 2.14. The molecular formula is C24H26O3. The van der Waals surface area contributed by atoms with Crippen LogP contribution in [-0.2, 0) is 0 Å². The lowest BCUT2D eigenvalue weighted by Crippen LogP contribution is -2.01. The summed E-state index contributed by atoms with van der Waals surface area (Å²) in [6.07, 6.45) is 6.90. The van der Waals surface area contributed by atoms with Crippen LogP contribution in [0.15, 0.2) is 77.9 Å². The second-order valence-electron chi connectivity index (χ2n) is 7.05. The van der Waals surface area contributed by atoms with Gasteiger partial charge >= 0.3 is 0 Å². The van der Waals surface area contributed by atoms with E-state index in [2.05, 4.69) is 12.7 Å². The summed E-state index contributed by atoms with van der Waals surface area (Å²) in [5.74, 6) is 0.434. The maximum atomic E-state index is 9.69. The Morgan fingerprint density at radius 3 is 1.93 bits per heavy atom. The van der Waals surface area contributed by atoms with Gasteiger partial charge in [-0.1, -0.05) is 48.1 Å². The number of allylic oxidation sites excluding steroid dienone is 3. The minimum absolute atomic E-state index is 0.0553. The van der Waals surface area contributed by atoms with E-state index in [1.807, 2.05) is 24.3 Å². The van der Waals surface area contributed by atoms with Gasteiger partial charge in [-0.05, 0) is 78.6 Å². The molecule has 3 heteroatoms. The molecule has 0 aliphatic heterocycles. The molecule has 0 saturated heterocycles. The van der Waals surface area contributed by atoms with Crippen LogP contribution in [0.4, 0.5) is 0 Å². The Bertz CT molecular complexity index is 808. The summed E-state index contributed by atoms with van der Waals surface area (Å²) in [7, 11) is 0. The van der Waals surface area contributed by atoms with Crippen molar-refractivity contribution in [2.45, 2.75) is 32.1 Å². The number of benzene rings is 2. The van der Waals surface area contributed by atoms with Crippen LogP contribution in [0.3, 0.4) is 0 Å². The lowest BCUT2D eigenvalue weighted by atomic mass is 9.86. The third-order valence-corrected chi connectivity index (χ3v) is 4.90. The first kappa shape index (κ1) is 19.0. The van der Waals surface area contributed by atoms with Gasteiger partial charge in [-0.3, -0.25) is 0 Å². The fraction of sp³-hybridized carbons (Fsp3) is 0.250. The number of hydrogen-bond acceptors (Lipinski definition) is 3. The molecule has 0 heterocycles. The van der Waals surface area contributed by atoms with E-state index in [1.54, 1.807) is 24.3 Å². The normalized spacial score (nSPS) is 15.7. The highest BCUT2D eigenvalue weighted by atomic mass is 16.3. The van der Waals surface area contributed by atoms with Gasteiger partial charge in [0.15, 0.2) is 0 Å². The molecule has 0 bridgehead atoms. The van der Waals surface area contributed by atoms with Gasteiger partial charge in [0, 0.05) is 6.61 Å². The number of aliphatic hydroxyl groups excluding tert-OH is 1. The molecule has 3 rings (SSSR count). The van der Waals surface area contributed by atoms with Crippen LogP contribution >= 0.6 is 0 Å². The van der Waals surface area contributed by atoms with E-state index in [-0.39, 0.29) is 18.1 Å². The zero-order valence-corrected chi connectivity index (χ0v) is 15.5. The zero-order chi connectivity index (χ0) is 19.2. The van der Waals surface area contributed by atoms with Crippen molar-refractivity contribution in [3.8, 4) is 11.5 Å². The number of hydrogen-bond donors (Lipinski definition) is 3. The Labute approximate surface area is 160 Å². The monoisotopic (exact) mass is 362 g/mol. The van der Waals surface area contributed by atoms with Gasteiger partial charge in [-0.2, -0.15) is 0 Å². The summed E-state index contributed by atoms with van der Waals surface area (Å²) in [4.78, 5) is 0. The molecule has 1 fully saturated rings. The Morgan fingerprint density at radius 1 is 0.889 bits per heavy atom. The maximum Gasteiger partial charge on any atom is 0.115 e. The number of aliphatic hydroxyl groups is 1. The van der Waals surface area contributed by atoms with Crippen molar-refractivity contribution in [1.82, 2.24) is 0 Å². The van der Waals surface area contributed by atoms with Gasteiger partial charge in [0.25, 0.3) is 0 Å². The SMILES string of the molecule is C=C1CCC/C(=C\C(CCO)=C(c2ccc(O)cc2)c2ccc(O)cc2)C1. The predicted octanol–water partition coefficient (Wildman–Crippen LogP) is 5.34. The smallest absolute Gasteiger partial charge is 0.115 e. The molecule has 1 saturated carbocycles. The molecule has 2 aromatic carbocycles. The molecular weight excluding hydrogens is 336 g/mol. The molecule has 0 amide bonds. The van der Waals surface area contributed by atoms with Crippen molar-refractivity contribution in [2.75, 3.05) is 6.61 Å². The van der Waals surface area contributed by atoms with Gasteiger partial charge in [-0.25, -0.2) is 0 Å². The highest BCUT2D eigenvalue weighted by molar-refractivity contribution is 5.84. The van der Waals surface area contributed by atoms with Crippen LogP contribution in [-0.4, -0.2) is 21.9 Å². The molecule has 1 aliphatic carbocycles. The average molecular weight is 362 g/mol. The lowest BCUT2D eigenvalue weighted by Gasteiger charge is -2.19. The van der Waals surface area contributed by atoms with Crippen LogP contribution in [0.2, 0.25) is 0 Å². The summed E-state index contributed by atoms with van der Waals surface area (Å²) in [6.45, 7) is 4.19. The van der Waals surface area contributed by atoms with Crippen molar-refractivity contribution in [3.05, 3.63) is 89.0 Å². The summed E-state index contributed by atoms with van der Waals surface area (Å²) in [5, 5.41) is 29.0. The number of phenols is 2. The second-order valence-corrected chi connectivity index (χ2v) is 7.05. The highest BCUT2D eigenvalue weighted by Crippen LogP contribution is 2.34. The lowest BCUT2D eigenvalue weighted by molar-refractivity contribution is 0.300. The minimum Gasteiger partial charge on any atom is -0.508 e. The Kier molecular flexibility index (Phi) is 6.15. The molecule has 1 aliphatic rings. The standard InChI is InChI=1S/C24H26O3/c1-17-3-2-4-18(15-17)16-21(13-14-25)24(19-5-9-22(26)10-6-19)20-7-11-23(27)12-8-20/h5-12,16,25-27H,1-4,13-15H2/b18-16+. The molecule has 2 aromatic rings. The largest absolute Gasteiger partial charge is 0.508 e. The molecule has 0 unspecified atom stereocenters. The van der Waals surface area contributed by atoms with E-state index in [1.165, 1.54) is 11.1 Å². The van der Waals surface area contributed by atoms with Crippen molar-refractivity contribution in [3.63, 3.8) is 0 Å². The first-order valence-electron chi connectivity index (χ1n) is 9.35. The maximum absolute atomic E-state index is 9.69. The van der Waals surface area contributed by atoms with E-state index in [0.29, 0.717) is 6.42 Å². The van der Waals surface area contributed by atoms with E-state index in [0.717, 1.165) is 48.0 Å². The van der Waals surface area contributed by atoms with Crippen LogP contribution in [0.25, 0.3) is 5.57 Å². The number of rotatable bonds is 5. The van der Waals surface area contributed by atoms with Crippen LogP contribution in [0.5, 0.6) is 11.5 Å². The van der Waals surface area contributed by atoms with Crippen molar-refractivity contribution in [1.29, 1.82) is 0 Å². The molecule has 0 aromatic heterocycles. The predicted molar refractivity (Wildman–Crippen MR) is 110 cm³/mol. The third-order valence-electron chi connectivity index (χ3n) is 4.90. The first-order valence-corrected chi connectivity index (χ1v) is 9.35. The summed E-state index contributed by atoms with van der Waals surface area (Å²) >= 11 is 0. The fourth-order valence-electron chi connectivity index (χ4n) is 3.62. The topological polar surface area (TPSA) is 60.7 Å². The number of aromatic hydroxyl groups is 2. The minimum atomic E-state index is 0.0553. The average Bonchev–Trinajstić information content (AvgIpc) is 2.65. The van der Waals surface area contributed by atoms with Crippen molar-refractivity contribution >= 4 is 5.57 Å². The molecule has 27 heavy (non-hydrogen) atoms. The molecule has 140 valence electrons. The van der Waals surface area contributed by atoms with Crippen LogP contribution < -0.4 is 0 Å². The van der Waals surface area contributed by atoms with E-state index >= 15 is 0 Å². The molecule has 3 N–H and O–H groups in total. The molecule has 0 spiro atoms. The van der Waals surface area contributed by atoms with E-state index in [4.69, 9.17) is 0 Å². The van der Waals surface area contributed by atoms with Crippen molar-refractivity contribution < 1.29 is 15.3 Å². The van der Waals surface area contributed by atoms with Gasteiger partial charge in [0.2, 0.25) is 0 Å². The van der Waals surface area contributed by atoms with Crippen LogP contribution in [0, 0.1) is 0 Å². The van der Waals surface area contributed by atoms with Gasteiger partial charge in [0.05, 0.1) is 0 Å². The van der Waals surface area contributed by atoms with Gasteiger partial charge in [-0.15, -0.1) is 0 Å². The Balaban J connectivity index is 2.16.